The fourth-order valence-electron chi connectivity index (χ4n) is 4.63. The highest BCUT2D eigenvalue weighted by Crippen LogP contribution is 2.35. The molecule has 0 spiro atoms. The summed E-state index contributed by atoms with van der Waals surface area (Å²) in [4.78, 5) is 29.5. The molecule has 8 nitrogen and oxygen atoms in total. The molecule has 0 radical (unpaired) electrons. The van der Waals surface area contributed by atoms with E-state index >= 15 is 0 Å². The molecule has 2 aromatic carbocycles. The Hall–Kier alpha value is -3.81. The molecular formula is C24H24N4O4. The summed E-state index contributed by atoms with van der Waals surface area (Å²) < 4.78 is 11.9. The van der Waals surface area contributed by atoms with Crippen LogP contribution >= 0.6 is 0 Å². The summed E-state index contributed by atoms with van der Waals surface area (Å²) in [5.74, 6) is 0.520. The second-order valence-corrected chi connectivity index (χ2v) is 7.95. The molecule has 4 aromatic rings. The molecular weight excluding hydrogens is 408 g/mol. The molecule has 0 saturated heterocycles. The predicted octanol–water partition coefficient (Wildman–Crippen LogP) is 3.09. The van der Waals surface area contributed by atoms with Gasteiger partial charge in [-0.1, -0.05) is 18.2 Å². The molecule has 0 aliphatic heterocycles. The Balaban J connectivity index is 1.43. The number of carbonyl (C=O) groups excluding carboxylic acids is 1. The van der Waals surface area contributed by atoms with E-state index in [4.69, 9.17) is 9.47 Å². The third-order valence-corrected chi connectivity index (χ3v) is 6.11. The molecule has 8 heteroatoms. The van der Waals surface area contributed by atoms with Crippen molar-refractivity contribution in [2.75, 3.05) is 14.2 Å². The number of hydrogen-bond donors (Lipinski definition) is 2. The van der Waals surface area contributed by atoms with Crippen LogP contribution in [0.2, 0.25) is 0 Å². The number of nitrogens with zero attached hydrogens (tertiary/aromatic N) is 2. The molecule has 0 bridgehead atoms. The molecule has 1 aliphatic carbocycles. The summed E-state index contributed by atoms with van der Waals surface area (Å²) in [5, 5.41) is 9.44. The van der Waals surface area contributed by atoms with Gasteiger partial charge in [0.15, 0.2) is 11.5 Å². The van der Waals surface area contributed by atoms with Gasteiger partial charge in [-0.2, -0.15) is 5.10 Å². The third-order valence-electron chi connectivity index (χ3n) is 6.11. The summed E-state index contributed by atoms with van der Waals surface area (Å²) in [7, 11) is 2.99. The molecule has 2 aromatic heterocycles. The summed E-state index contributed by atoms with van der Waals surface area (Å²) in [5.41, 5.74) is 2.99. The van der Waals surface area contributed by atoms with E-state index in [0.717, 1.165) is 35.2 Å². The fraction of sp³-hybridized carbons (Fsp3) is 0.292. The van der Waals surface area contributed by atoms with E-state index in [0.29, 0.717) is 22.3 Å². The second kappa shape index (κ2) is 8.03. The minimum Gasteiger partial charge on any atom is -0.493 e. The Morgan fingerprint density at radius 3 is 2.88 bits per heavy atom. The monoisotopic (exact) mass is 432 g/mol. The zero-order valence-electron chi connectivity index (χ0n) is 18.0. The van der Waals surface area contributed by atoms with Crippen molar-refractivity contribution in [2.45, 2.75) is 31.8 Å². The zero-order valence-corrected chi connectivity index (χ0v) is 18.0. The average Bonchev–Trinajstić information content (AvgIpc) is 3.20. The SMILES string of the molecule is COc1ccc2cnn(CC(=O)NC3CCCc4c3[nH]c3ccccc43)c(=O)c2c1OC. The van der Waals surface area contributed by atoms with Crippen molar-refractivity contribution >= 4 is 27.6 Å². The first-order chi connectivity index (χ1) is 15.6. The summed E-state index contributed by atoms with van der Waals surface area (Å²) in [6.07, 6.45) is 4.38. The lowest BCUT2D eigenvalue weighted by molar-refractivity contribution is -0.122. The number of rotatable bonds is 5. The van der Waals surface area contributed by atoms with Crippen LogP contribution in [-0.2, 0) is 17.8 Å². The van der Waals surface area contributed by atoms with Crippen LogP contribution < -0.4 is 20.3 Å². The maximum atomic E-state index is 13.1. The van der Waals surface area contributed by atoms with E-state index in [9.17, 15) is 9.59 Å². The largest absolute Gasteiger partial charge is 0.493 e. The van der Waals surface area contributed by atoms with Gasteiger partial charge in [-0.3, -0.25) is 9.59 Å². The lowest BCUT2D eigenvalue weighted by Crippen LogP contribution is -2.37. The van der Waals surface area contributed by atoms with Crippen LogP contribution in [0.15, 0.2) is 47.4 Å². The topological polar surface area (TPSA) is 98.2 Å². The van der Waals surface area contributed by atoms with Gasteiger partial charge >= 0.3 is 0 Å². The molecule has 2 heterocycles. The second-order valence-electron chi connectivity index (χ2n) is 7.95. The van der Waals surface area contributed by atoms with Crippen LogP contribution in [0.25, 0.3) is 21.7 Å². The first-order valence-corrected chi connectivity index (χ1v) is 10.6. The Morgan fingerprint density at radius 2 is 2.06 bits per heavy atom. The predicted molar refractivity (Wildman–Crippen MR) is 121 cm³/mol. The van der Waals surface area contributed by atoms with Gasteiger partial charge in [-0.05, 0) is 43.0 Å². The quantitative estimate of drug-likeness (QED) is 0.505. The molecule has 1 unspecified atom stereocenters. The van der Waals surface area contributed by atoms with Gasteiger partial charge in [0.2, 0.25) is 5.91 Å². The number of benzene rings is 2. The van der Waals surface area contributed by atoms with Gasteiger partial charge in [0, 0.05) is 22.0 Å². The highest BCUT2D eigenvalue weighted by atomic mass is 16.5. The number of hydrogen-bond acceptors (Lipinski definition) is 5. The Kier molecular flexibility index (Phi) is 5.05. The molecule has 1 amide bonds. The van der Waals surface area contributed by atoms with E-state index in [1.54, 1.807) is 18.3 Å². The van der Waals surface area contributed by atoms with Gasteiger partial charge < -0.3 is 19.8 Å². The van der Waals surface area contributed by atoms with Crippen LogP contribution in [0.5, 0.6) is 11.5 Å². The molecule has 2 N–H and O–H groups in total. The maximum absolute atomic E-state index is 13.1. The molecule has 164 valence electrons. The van der Waals surface area contributed by atoms with E-state index < -0.39 is 5.56 Å². The Labute approximate surface area is 184 Å². The number of fused-ring (bicyclic) bond motifs is 4. The highest BCUT2D eigenvalue weighted by Gasteiger charge is 2.26. The number of ether oxygens (including phenoxy) is 2. The molecule has 32 heavy (non-hydrogen) atoms. The number of aromatic amines is 1. The molecule has 5 rings (SSSR count). The van der Waals surface area contributed by atoms with Gasteiger partial charge in [0.1, 0.15) is 6.54 Å². The minimum absolute atomic E-state index is 0.121. The van der Waals surface area contributed by atoms with Crippen LogP contribution in [0, 0.1) is 0 Å². The van der Waals surface area contributed by atoms with E-state index in [2.05, 4.69) is 21.5 Å². The van der Waals surface area contributed by atoms with Crippen LogP contribution in [0.4, 0.5) is 0 Å². The summed E-state index contributed by atoms with van der Waals surface area (Å²) >= 11 is 0. The number of para-hydroxylation sites is 1. The van der Waals surface area contributed by atoms with Crippen molar-refractivity contribution in [3.63, 3.8) is 0 Å². The normalized spacial score (nSPS) is 15.5. The standard InChI is InChI=1S/C24H24N4O4/c1-31-19-11-10-14-12-25-28(24(30)21(14)23(19)32-2)13-20(29)26-18-9-5-7-16-15-6-3-4-8-17(15)27-22(16)18/h3-4,6,8,10-12,18,27H,5,7,9,13H2,1-2H3,(H,26,29). The van der Waals surface area contributed by atoms with Gasteiger partial charge in [-0.25, -0.2) is 4.68 Å². The van der Waals surface area contributed by atoms with Crippen molar-refractivity contribution in [1.82, 2.24) is 20.1 Å². The lowest BCUT2D eigenvalue weighted by atomic mass is 9.91. The van der Waals surface area contributed by atoms with Crippen molar-refractivity contribution in [3.05, 3.63) is 64.2 Å². The van der Waals surface area contributed by atoms with Gasteiger partial charge in [-0.15, -0.1) is 0 Å². The summed E-state index contributed by atoms with van der Waals surface area (Å²) in [6.45, 7) is -0.179. The van der Waals surface area contributed by atoms with Crippen molar-refractivity contribution in [3.8, 4) is 11.5 Å². The Morgan fingerprint density at radius 1 is 1.22 bits per heavy atom. The van der Waals surface area contributed by atoms with Crippen molar-refractivity contribution in [2.24, 2.45) is 0 Å². The number of aryl methyl sites for hydroxylation is 1. The zero-order chi connectivity index (χ0) is 22.2. The van der Waals surface area contributed by atoms with E-state index in [1.807, 2.05) is 18.2 Å². The smallest absolute Gasteiger partial charge is 0.279 e. The first-order valence-electron chi connectivity index (χ1n) is 10.6. The van der Waals surface area contributed by atoms with Crippen LogP contribution in [0.3, 0.4) is 0 Å². The highest BCUT2D eigenvalue weighted by molar-refractivity contribution is 5.90. The first kappa shape index (κ1) is 20.1. The molecule has 0 saturated carbocycles. The van der Waals surface area contributed by atoms with Crippen molar-refractivity contribution < 1.29 is 14.3 Å². The molecule has 0 fully saturated rings. The lowest BCUT2D eigenvalue weighted by Gasteiger charge is -2.24. The summed E-state index contributed by atoms with van der Waals surface area (Å²) in [6, 6.07) is 11.5. The number of nitrogens with one attached hydrogen (secondary N) is 2. The van der Waals surface area contributed by atoms with Gasteiger partial charge in [0.05, 0.1) is 31.8 Å². The minimum atomic E-state index is -0.400. The maximum Gasteiger partial charge on any atom is 0.279 e. The molecule has 1 aliphatic rings. The van der Waals surface area contributed by atoms with Crippen LogP contribution in [0.1, 0.15) is 30.1 Å². The van der Waals surface area contributed by atoms with E-state index in [-0.39, 0.29) is 18.5 Å². The number of amides is 1. The fourth-order valence-corrected chi connectivity index (χ4v) is 4.63. The van der Waals surface area contributed by atoms with E-state index in [1.165, 1.54) is 25.2 Å². The number of aromatic nitrogens is 3. The van der Waals surface area contributed by atoms with Gasteiger partial charge in [0.25, 0.3) is 5.56 Å². The third kappa shape index (κ3) is 3.28. The number of carbonyl (C=O) groups is 1. The molecule has 1 atom stereocenters. The van der Waals surface area contributed by atoms with Crippen molar-refractivity contribution in [1.29, 1.82) is 0 Å². The average molecular weight is 432 g/mol. The number of methoxy groups -OCH3 is 2. The van der Waals surface area contributed by atoms with Crippen LogP contribution in [-0.4, -0.2) is 34.9 Å². The Bertz CT molecular complexity index is 1390. The number of H-pyrrole nitrogens is 1.